The molecule has 4 rings (SSSR count). The van der Waals surface area contributed by atoms with E-state index >= 15 is 0 Å². The normalized spacial score (nSPS) is 12.4. The van der Waals surface area contributed by atoms with Crippen LogP contribution in [0.15, 0.2) is 36.4 Å². The molecule has 2 aromatic heterocycles. The lowest BCUT2D eigenvalue weighted by Crippen LogP contribution is -2.47. The first-order valence-corrected chi connectivity index (χ1v) is 15.9. The number of nitrogens with zero attached hydrogens (tertiary/aromatic N) is 3. The summed E-state index contributed by atoms with van der Waals surface area (Å²) in [6.45, 7) is 12.9. The molecule has 0 radical (unpaired) electrons. The van der Waals surface area contributed by atoms with Crippen molar-refractivity contribution in [2.45, 2.75) is 84.7 Å². The molecule has 1 amide bonds. The number of anilines is 1. The van der Waals surface area contributed by atoms with Crippen LogP contribution in [0.25, 0.3) is 21.9 Å². The van der Waals surface area contributed by atoms with Crippen molar-refractivity contribution in [2.24, 2.45) is 0 Å². The summed E-state index contributed by atoms with van der Waals surface area (Å²) >= 11 is 5.74. The Balaban J connectivity index is 1.80. The van der Waals surface area contributed by atoms with Gasteiger partial charge in [0.2, 0.25) is 5.91 Å². The summed E-state index contributed by atoms with van der Waals surface area (Å²) in [6, 6.07) is 12.0. The molecule has 9 nitrogen and oxygen atoms in total. The van der Waals surface area contributed by atoms with E-state index in [1.54, 1.807) is 6.07 Å². The molecule has 5 N–H and O–H groups in total. The topological polar surface area (TPSA) is 136 Å². The second-order valence-corrected chi connectivity index (χ2v) is 13.2. The molecule has 4 aromatic rings. The zero-order valence-corrected chi connectivity index (χ0v) is 26.8. The van der Waals surface area contributed by atoms with E-state index in [1.807, 2.05) is 32.9 Å². The molecule has 0 bridgehead atoms. The fraction of sp³-hybridized carbons (Fsp3) is 0.452. The zero-order valence-electron chi connectivity index (χ0n) is 25.2. The number of benzene rings is 2. The summed E-state index contributed by atoms with van der Waals surface area (Å²) in [4.78, 5) is 40.3. The maximum absolute atomic E-state index is 12.0. The van der Waals surface area contributed by atoms with Crippen LogP contribution in [-0.2, 0) is 23.2 Å². The van der Waals surface area contributed by atoms with Crippen LogP contribution in [0.4, 0.5) is 5.82 Å². The predicted octanol–water partition coefficient (Wildman–Crippen LogP) is 6.26. The van der Waals surface area contributed by atoms with Gasteiger partial charge in [-0.25, -0.2) is 9.97 Å². The molecule has 0 unspecified atom stereocenters. The molecule has 0 spiro atoms. The third kappa shape index (κ3) is 7.14. The monoisotopic (exact) mass is 613 g/mol. The molecule has 2 heterocycles. The Kier molecular flexibility index (Phi) is 9.68. The molecule has 42 heavy (non-hydrogen) atoms. The van der Waals surface area contributed by atoms with Crippen molar-refractivity contribution in [3.05, 3.63) is 58.9 Å². The van der Waals surface area contributed by atoms with Crippen LogP contribution in [0.2, 0.25) is 0 Å². The number of nitrogen functional groups attached to an aromatic ring is 1. The fourth-order valence-corrected chi connectivity index (χ4v) is 6.37. The quantitative estimate of drug-likeness (QED) is 0.109. The number of hydrogen-bond donors (Lipinski definition) is 4. The van der Waals surface area contributed by atoms with E-state index in [2.05, 4.69) is 48.9 Å². The lowest BCUT2D eigenvalue weighted by Gasteiger charge is -2.36. The lowest BCUT2D eigenvalue weighted by atomic mass is 9.75. The Morgan fingerprint density at radius 3 is 2.52 bits per heavy atom. The van der Waals surface area contributed by atoms with E-state index in [0.717, 1.165) is 58.2 Å². The first kappa shape index (κ1) is 32.0. The van der Waals surface area contributed by atoms with Gasteiger partial charge in [0.1, 0.15) is 23.0 Å². The van der Waals surface area contributed by atoms with E-state index < -0.39 is 14.1 Å². The van der Waals surface area contributed by atoms with Crippen molar-refractivity contribution >= 4 is 53.9 Å². The molecule has 11 heteroatoms. The van der Waals surface area contributed by atoms with Gasteiger partial charge in [0.25, 0.3) is 0 Å². The average Bonchev–Trinajstić information content (AvgIpc) is 3.26. The Bertz CT molecular complexity index is 1600. The second-order valence-electron chi connectivity index (χ2n) is 12.2. The van der Waals surface area contributed by atoms with Gasteiger partial charge in [-0.1, -0.05) is 51.5 Å². The summed E-state index contributed by atoms with van der Waals surface area (Å²) in [6.07, 6.45) is 3.53. The number of carbonyl (C=O) groups is 1. The molecule has 0 aliphatic carbocycles. The number of carbonyl (C=O) groups excluding carboxylic acids is 1. The Morgan fingerprint density at radius 1 is 1.14 bits per heavy atom. The number of unbranched alkanes of at least 4 members (excludes halogenated alkanes) is 1. The minimum absolute atomic E-state index is 0.0725. The van der Waals surface area contributed by atoms with Crippen LogP contribution in [0.3, 0.4) is 0 Å². The van der Waals surface area contributed by atoms with Crippen molar-refractivity contribution in [2.75, 3.05) is 11.6 Å². The summed E-state index contributed by atoms with van der Waals surface area (Å²) in [5.41, 5.74) is 11.1. The van der Waals surface area contributed by atoms with Gasteiger partial charge in [-0.3, -0.25) is 4.79 Å². The highest BCUT2D eigenvalue weighted by Gasteiger charge is 2.32. The van der Waals surface area contributed by atoms with Gasteiger partial charge in [-0.2, -0.15) is 0 Å². The average molecular weight is 614 g/mol. The molecular formula is C31H41ClN5O4P. The second kappa shape index (κ2) is 12.7. The summed E-state index contributed by atoms with van der Waals surface area (Å²) in [5, 5.41) is 3.98. The van der Waals surface area contributed by atoms with Crippen LogP contribution in [0.5, 0.6) is 5.75 Å². The highest BCUT2D eigenvalue weighted by molar-refractivity contribution is 7.39. The molecule has 0 aliphatic heterocycles. The Labute approximate surface area is 253 Å². The predicted molar refractivity (Wildman–Crippen MR) is 171 cm³/mol. The lowest BCUT2D eigenvalue weighted by molar-refractivity contribution is -0.120. The maximum atomic E-state index is 12.0. The summed E-state index contributed by atoms with van der Waals surface area (Å²) in [5.74, 6) is 1.51. The fourth-order valence-electron chi connectivity index (χ4n) is 5.92. The number of pyridine rings is 1. The van der Waals surface area contributed by atoms with Gasteiger partial charge in [-0.05, 0) is 67.9 Å². The largest absolute Gasteiger partial charge is 0.427 e. The minimum atomic E-state index is -2.49. The number of rotatable bonds is 12. The number of amides is 1. The van der Waals surface area contributed by atoms with Gasteiger partial charge in [0.05, 0.1) is 11.0 Å². The summed E-state index contributed by atoms with van der Waals surface area (Å²) in [7, 11) is -2.49. The van der Waals surface area contributed by atoms with Gasteiger partial charge in [0.15, 0.2) is 5.82 Å². The number of aromatic nitrogens is 3. The van der Waals surface area contributed by atoms with Crippen molar-refractivity contribution < 1.29 is 19.1 Å². The van der Waals surface area contributed by atoms with E-state index in [-0.39, 0.29) is 17.2 Å². The number of nitrogens with one attached hydrogen (secondary N) is 1. The van der Waals surface area contributed by atoms with Gasteiger partial charge in [0, 0.05) is 23.9 Å². The molecule has 226 valence electrons. The number of fused-ring (bicyclic) bond motifs is 3. The van der Waals surface area contributed by atoms with Crippen molar-refractivity contribution in [1.29, 1.82) is 0 Å². The van der Waals surface area contributed by atoms with E-state index in [0.29, 0.717) is 30.0 Å². The maximum Gasteiger partial charge on any atom is 0.391 e. The van der Waals surface area contributed by atoms with Crippen molar-refractivity contribution in [1.82, 2.24) is 19.9 Å². The van der Waals surface area contributed by atoms with E-state index in [9.17, 15) is 14.6 Å². The number of imidazole rings is 1. The molecule has 0 saturated carbocycles. The van der Waals surface area contributed by atoms with Crippen molar-refractivity contribution in [3.8, 4) is 5.75 Å². The third-order valence-corrected chi connectivity index (χ3v) is 8.16. The number of alkyl halides is 1. The molecular weight excluding hydrogens is 573 g/mol. The Hall–Kier alpha value is -2.97. The number of nitrogens with two attached hydrogens (primary N) is 1. The van der Waals surface area contributed by atoms with Gasteiger partial charge >= 0.3 is 8.60 Å². The standard InChI is InChI=1S/C31H41ClN5O4P/c1-7-8-9-25-35-27-28(37(25)17-20-10-13-24(19(2)14-20)41-42(39)40)22-12-11-21(15-23(22)34-29(27)33)30(3,4)18-31(5,6)36-26(38)16-32/h10-15,39-40H,7-9,16-18H2,1-6H3,(H2,33,34)(H,36,38). The van der Waals surface area contributed by atoms with Gasteiger partial charge in [-0.15, -0.1) is 11.6 Å². The minimum Gasteiger partial charge on any atom is -0.427 e. The van der Waals surface area contributed by atoms with Crippen molar-refractivity contribution in [3.63, 3.8) is 0 Å². The smallest absolute Gasteiger partial charge is 0.391 e. The van der Waals surface area contributed by atoms with E-state index in [1.165, 1.54) is 0 Å². The molecule has 0 atom stereocenters. The van der Waals surface area contributed by atoms with Crippen LogP contribution < -0.4 is 15.6 Å². The first-order valence-electron chi connectivity index (χ1n) is 14.2. The summed E-state index contributed by atoms with van der Waals surface area (Å²) < 4.78 is 7.38. The Morgan fingerprint density at radius 2 is 1.88 bits per heavy atom. The molecule has 0 aliphatic rings. The number of halogens is 1. The highest BCUT2D eigenvalue weighted by Crippen LogP contribution is 2.37. The van der Waals surface area contributed by atoms with Crippen LogP contribution in [0, 0.1) is 6.92 Å². The zero-order chi connectivity index (χ0) is 30.8. The molecule has 0 fully saturated rings. The molecule has 2 aromatic carbocycles. The number of aryl methyl sites for hydroxylation is 2. The first-order chi connectivity index (χ1) is 19.7. The van der Waals surface area contributed by atoms with Gasteiger partial charge < -0.3 is 29.9 Å². The van der Waals surface area contributed by atoms with Crippen LogP contribution >= 0.6 is 20.2 Å². The van der Waals surface area contributed by atoms with Crippen LogP contribution in [0.1, 0.15) is 76.4 Å². The SMILES string of the molecule is CCCCc1nc2c(N)nc3cc(C(C)(C)CC(C)(C)NC(=O)CCl)ccc3c2n1Cc1ccc(OP(O)O)c(C)c1. The number of hydrogen-bond acceptors (Lipinski definition) is 7. The third-order valence-electron chi connectivity index (χ3n) is 7.56. The van der Waals surface area contributed by atoms with Crippen LogP contribution in [-0.4, -0.2) is 41.6 Å². The highest BCUT2D eigenvalue weighted by atomic mass is 35.5. The van der Waals surface area contributed by atoms with E-state index in [4.69, 9.17) is 31.8 Å². The molecule has 0 saturated heterocycles.